The molecule has 0 aromatic rings. The molecular formula is C10H20N2O2. The highest BCUT2D eigenvalue weighted by Crippen LogP contribution is 2.33. The minimum Gasteiger partial charge on any atom is -0.393 e. The van der Waals surface area contributed by atoms with Crippen molar-refractivity contribution < 1.29 is 9.84 Å². The number of nitrogens with two attached hydrogens (primary N) is 1. The lowest BCUT2D eigenvalue weighted by Crippen LogP contribution is -2.44. The summed E-state index contributed by atoms with van der Waals surface area (Å²) in [5, 5.41) is 9.63. The van der Waals surface area contributed by atoms with Crippen molar-refractivity contribution >= 4 is 0 Å². The summed E-state index contributed by atoms with van der Waals surface area (Å²) in [5.41, 5.74) is 5.46. The van der Waals surface area contributed by atoms with Crippen molar-refractivity contribution in [3.05, 3.63) is 0 Å². The molecule has 2 saturated heterocycles. The van der Waals surface area contributed by atoms with E-state index in [9.17, 15) is 5.11 Å². The van der Waals surface area contributed by atoms with E-state index in [-0.39, 0.29) is 11.7 Å². The Morgan fingerprint density at radius 3 is 3.14 bits per heavy atom. The largest absolute Gasteiger partial charge is 0.393 e. The number of rotatable bonds is 2. The predicted molar refractivity (Wildman–Crippen MR) is 54.0 cm³/mol. The summed E-state index contributed by atoms with van der Waals surface area (Å²) >= 11 is 0. The molecule has 0 radical (unpaired) electrons. The maximum Gasteiger partial charge on any atom is 0.0845 e. The molecule has 4 heteroatoms. The third-order valence-electron chi connectivity index (χ3n) is 3.31. The highest BCUT2D eigenvalue weighted by Gasteiger charge is 2.42. The molecule has 0 aromatic heterocycles. The molecule has 0 unspecified atom stereocenters. The van der Waals surface area contributed by atoms with Crippen LogP contribution in [0.4, 0.5) is 0 Å². The maximum atomic E-state index is 9.63. The highest BCUT2D eigenvalue weighted by molar-refractivity contribution is 4.95. The Morgan fingerprint density at radius 2 is 2.43 bits per heavy atom. The van der Waals surface area contributed by atoms with E-state index in [2.05, 4.69) is 4.90 Å². The van der Waals surface area contributed by atoms with Crippen LogP contribution in [0.5, 0.6) is 0 Å². The van der Waals surface area contributed by atoms with Gasteiger partial charge in [0.05, 0.1) is 11.7 Å². The van der Waals surface area contributed by atoms with Crippen LogP contribution >= 0.6 is 0 Å². The van der Waals surface area contributed by atoms with Crippen LogP contribution in [0.2, 0.25) is 0 Å². The third kappa shape index (κ3) is 2.08. The summed E-state index contributed by atoms with van der Waals surface area (Å²) in [6.07, 6.45) is 2.47. The molecule has 2 atom stereocenters. The molecule has 2 aliphatic heterocycles. The first kappa shape index (κ1) is 10.4. The number of aliphatic hydroxyl groups is 1. The van der Waals surface area contributed by atoms with Gasteiger partial charge in [-0.25, -0.2) is 0 Å². The van der Waals surface area contributed by atoms with Crippen LogP contribution in [-0.2, 0) is 4.74 Å². The number of aliphatic hydroxyl groups excluding tert-OH is 1. The number of hydrogen-bond donors (Lipinski definition) is 2. The Bertz CT molecular complexity index is 201. The maximum absolute atomic E-state index is 9.63. The Hall–Kier alpha value is -0.160. The molecule has 4 nitrogen and oxygen atoms in total. The van der Waals surface area contributed by atoms with E-state index in [0.29, 0.717) is 13.2 Å². The Balaban J connectivity index is 1.91. The number of ether oxygens (including phenoxy) is 1. The highest BCUT2D eigenvalue weighted by atomic mass is 16.5. The van der Waals surface area contributed by atoms with Crippen LogP contribution in [0.15, 0.2) is 0 Å². The first-order valence-corrected chi connectivity index (χ1v) is 5.49. The van der Waals surface area contributed by atoms with Gasteiger partial charge in [0.2, 0.25) is 0 Å². The van der Waals surface area contributed by atoms with Crippen LogP contribution in [0.3, 0.4) is 0 Å². The smallest absolute Gasteiger partial charge is 0.0845 e. The van der Waals surface area contributed by atoms with Crippen molar-refractivity contribution in [2.45, 2.75) is 31.0 Å². The van der Waals surface area contributed by atoms with E-state index >= 15 is 0 Å². The Morgan fingerprint density at radius 1 is 1.57 bits per heavy atom. The number of nitrogens with zero attached hydrogens (tertiary/aromatic N) is 1. The van der Waals surface area contributed by atoms with Crippen molar-refractivity contribution in [3.8, 4) is 0 Å². The van der Waals surface area contributed by atoms with Gasteiger partial charge in [-0.3, -0.25) is 4.90 Å². The van der Waals surface area contributed by atoms with Gasteiger partial charge < -0.3 is 15.6 Å². The van der Waals surface area contributed by atoms with Crippen molar-refractivity contribution in [2.75, 3.05) is 32.8 Å². The monoisotopic (exact) mass is 200 g/mol. The van der Waals surface area contributed by atoms with Crippen molar-refractivity contribution in [3.63, 3.8) is 0 Å². The molecular weight excluding hydrogens is 180 g/mol. The standard InChI is InChI=1S/C10H20N2O2/c11-3-5-12-4-2-10(8-12)7-9(13)1-6-14-10/h9,13H,1-8,11H2/t9-,10+/m1/s1. The second-order valence-corrected chi connectivity index (χ2v) is 4.49. The molecule has 0 amide bonds. The van der Waals surface area contributed by atoms with Gasteiger partial charge >= 0.3 is 0 Å². The summed E-state index contributed by atoms with van der Waals surface area (Å²) in [6, 6.07) is 0. The molecule has 0 aliphatic carbocycles. The summed E-state index contributed by atoms with van der Waals surface area (Å²) < 4.78 is 5.83. The van der Waals surface area contributed by atoms with Crippen molar-refractivity contribution in [2.24, 2.45) is 5.73 Å². The predicted octanol–water partition coefficient (Wildman–Crippen LogP) is -0.439. The normalized spacial score (nSPS) is 39.4. The van der Waals surface area contributed by atoms with Gasteiger partial charge in [-0.2, -0.15) is 0 Å². The molecule has 0 saturated carbocycles. The summed E-state index contributed by atoms with van der Waals surface area (Å²) in [6.45, 7) is 4.36. The second-order valence-electron chi connectivity index (χ2n) is 4.49. The second kappa shape index (κ2) is 4.14. The van der Waals surface area contributed by atoms with Gasteiger partial charge in [0.25, 0.3) is 0 Å². The van der Waals surface area contributed by atoms with E-state index in [1.54, 1.807) is 0 Å². The molecule has 2 aliphatic rings. The molecule has 2 rings (SSSR count). The SMILES string of the molecule is NCCN1CC[C@]2(C[C@H](O)CCO2)C1. The van der Waals surface area contributed by atoms with Gasteiger partial charge in [-0.15, -0.1) is 0 Å². The van der Waals surface area contributed by atoms with E-state index in [4.69, 9.17) is 10.5 Å². The van der Waals surface area contributed by atoms with Gasteiger partial charge in [0.15, 0.2) is 0 Å². The van der Waals surface area contributed by atoms with E-state index in [0.717, 1.165) is 38.9 Å². The van der Waals surface area contributed by atoms with E-state index < -0.39 is 0 Å². The van der Waals surface area contributed by atoms with Crippen LogP contribution < -0.4 is 5.73 Å². The van der Waals surface area contributed by atoms with E-state index in [1.165, 1.54) is 0 Å². The van der Waals surface area contributed by atoms with Gasteiger partial charge in [-0.05, 0) is 12.8 Å². The zero-order chi connectivity index (χ0) is 10.0. The first-order valence-electron chi connectivity index (χ1n) is 5.49. The molecule has 14 heavy (non-hydrogen) atoms. The number of likely N-dealkylation sites (tertiary alicyclic amines) is 1. The molecule has 3 N–H and O–H groups in total. The third-order valence-corrected chi connectivity index (χ3v) is 3.31. The Labute approximate surface area is 85.0 Å². The Kier molecular flexibility index (Phi) is 3.07. The van der Waals surface area contributed by atoms with Crippen LogP contribution in [0.25, 0.3) is 0 Å². The minimum absolute atomic E-state index is 0.0627. The lowest BCUT2D eigenvalue weighted by molar-refractivity contribution is -0.110. The van der Waals surface area contributed by atoms with Gasteiger partial charge in [0.1, 0.15) is 0 Å². The fourth-order valence-electron chi connectivity index (χ4n) is 2.59. The van der Waals surface area contributed by atoms with Crippen LogP contribution in [0.1, 0.15) is 19.3 Å². The molecule has 82 valence electrons. The summed E-state index contributed by atoms with van der Waals surface area (Å²) in [7, 11) is 0. The zero-order valence-corrected chi connectivity index (χ0v) is 8.61. The average Bonchev–Trinajstić information content (AvgIpc) is 2.49. The zero-order valence-electron chi connectivity index (χ0n) is 8.61. The first-order chi connectivity index (χ1) is 6.74. The van der Waals surface area contributed by atoms with Gasteiger partial charge in [-0.1, -0.05) is 0 Å². The quantitative estimate of drug-likeness (QED) is 0.634. The van der Waals surface area contributed by atoms with Crippen LogP contribution in [-0.4, -0.2) is 54.5 Å². The molecule has 2 heterocycles. The molecule has 0 bridgehead atoms. The lowest BCUT2D eigenvalue weighted by atomic mass is 9.91. The van der Waals surface area contributed by atoms with Crippen LogP contribution in [0, 0.1) is 0 Å². The molecule has 1 spiro atoms. The average molecular weight is 200 g/mol. The lowest BCUT2D eigenvalue weighted by Gasteiger charge is -2.36. The van der Waals surface area contributed by atoms with Crippen molar-refractivity contribution in [1.82, 2.24) is 4.90 Å². The fraction of sp³-hybridized carbons (Fsp3) is 1.00. The number of hydrogen-bond acceptors (Lipinski definition) is 4. The summed E-state index contributed by atoms with van der Waals surface area (Å²) in [5.74, 6) is 0. The molecule has 0 aromatic carbocycles. The van der Waals surface area contributed by atoms with Gasteiger partial charge in [0, 0.05) is 39.2 Å². The fourth-order valence-corrected chi connectivity index (χ4v) is 2.59. The topological polar surface area (TPSA) is 58.7 Å². The molecule has 2 fully saturated rings. The van der Waals surface area contributed by atoms with Crippen molar-refractivity contribution in [1.29, 1.82) is 0 Å². The minimum atomic E-state index is -0.165. The van der Waals surface area contributed by atoms with E-state index in [1.807, 2.05) is 0 Å². The summed E-state index contributed by atoms with van der Waals surface area (Å²) in [4.78, 5) is 2.33.